The van der Waals surface area contributed by atoms with Crippen LogP contribution < -0.4 is 0 Å². The van der Waals surface area contributed by atoms with E-state index in [1.54, 1.807) is 27.7 Å². The molecule has 0 aliphatic carbocycles. The number of rotatable bonds is 4. The third-order valence-corrected chi connectivity index (χ3v) is 6.20. The van der Waals surface area contributed by atoms with Gasteiger partial charge in [0.05, 0.1) is 11.2 Å². The van der Waals surface area contributed by atoms with Crippen molar-refractivity contribution in [3.8, 4) is 0 Å². The fourth-order valence-corrected chi connectivity index (χ4v) is 3.27. The fourth-order valence-electron chi connectivity index (χ4n) is 3.00. The summed E-state index contributed by atoms with van der Waals surface area (Å²) < 4.78 is 1.17. The maximum Gasteiger partial charge on any atom is 0.0872 e. The Morgan fingerprint density at radius 2 is 1.36 bits per heavy atom. The first kappa shape index (κ1) is 23.1. The molecule has 0 saturated carbocycles. The van der Waals surface area contributed by atoms with Crippen LogP contribution in [0.1, 0.15) is 57.6 Å². The van der Waals surface area contributed by atoms with Gasteiger partial charge in [-0.05, 0) is 82.8 Å². The van der Waals surface area contributed by atoms with Gasteiger partial charge in [0.15, 0.2) is 0 Å². The third-order valence-electron chi connectivity index (χ3n) is 5.68. The van der Waals surface area contributed by atoms with Crippen molar-refractivity contribution in [3.05, 3.63) is 70.2 Å². The second kappa shape index (κ2) is 10.0. The molecule has 0 amide bonds. The Balaban J connectivity index is 0.000000300. The highest BCUT2D eigenvalue weighted by Gasteiger charge is 2.31. The van der Waals surface area contributed by atoms with E-state index in [1.807, 2.05) is 0 Å². The first-order valence-corrected chi connectivity index (χ1v) is 10.8. The maximum absolute atomic E-state index is 9.10. The standard InChI is InChI=1S/C18H20BrN.C6H14O2/c19-18-8-6-16(7-9-18)17-10-12-20(13-11-17)14-15-4-2-1-3-5-15;1-5(2,7)6(3,4)8/h1-9,17H,10-14H2;7-8H,1-4H3. The second-order valence-corrected chi connectivity index (χ2v) is 9.62. The molecular formula is C24H34BrNO2. The minimum atomic E-state index is -1.01. The summed E-state index contributed by atoms with van der Waals surface area (Å²) in [5.41, 5.74) is 0.905. The Hall–Kier alpha value is -1.20. The highest BCUT2D eigenvalue weighted by Crippen LogP contribution is 2.29. The van der Waals surface area contributed by atoms with E-state index < -0.39 is 11.2 Å². The summed E-state index contributed by atoms with van der Waals surface area (Å²) in [5.74, 6) is 0.732. The van der Waals surface area contributed by atoms with Crippen molar-refractivity contribution in [1.82, 2.24) is 4.90 Å². The van der Waals surface area contributed by atoms with Crippen molar-refractivity contribution in [2.45, 2.75) is 64.2 Å². The number of piperidine rings is 1. The Morgan fingerprint density at radius 1 is 0.857 bits per heavy atom. The first-order chi connectivity index (χ1) is 13.1. The highest BCUT2D eigenvalue weighted by atomic mass is 79.9. The van der Waals surface area contributed by atoms with Gasteiger partial charge in [-0.1, -0.05) is 58.4 Å². The summed E-state index contributed by atoms with van der Waals surface area (Å²) in [7, 11) is 0. The van der Waals surface area contributed by atoms with Gasteiger partial charge in [-0.3, -0.25) is 4.90 Å². The molecule has 28 heavy (non-hydrogen) atoms. The van der Waals surface area contributed by atoms with Crippen LogP contribution in [0, 0.1) is 0 Å². The first-order valence-electron chi connectivity index (χ1n) is 10.0. The van der Waals surface area contributed by atoms with E-state index in [-0.39, 0.29) is 0 Å². The summed E-state index contributed by atoms with van der Waals surface area (Å²) in [5, 5.41) is 18.2. The van der Waals surface area contributed by atoms with Crippen LogP contribution in [0.5, 0.6) is 0 Å². The van der Waals surface area contributed by atoms with Crippen molar-refractivity contribution >= 4 is 15.9 Å². The van der Waals surface area contributed by atoms with E-state index in [0.29, 0.717) is 0 Å². The average Bonchev–Trinajstić information content (AvgIpc) is 2.63. The molecule has 2 aromatic carbocycles. The molecule has 0 spiro atoms. The number of hydrogen-bond donors (Lipinski definition) is 2. The molecule has 0 unspecified atom stereocenters. The van der Waals surface area contributed by atoms with Crippen LogP contribution in [0.2, 0.25) is 0 Å². The number of nitrogens with zero attached hydrogens (tertiary/aromatic N) is 1. The summed E-state index contributed by atoms with van der Waals surface area (Å²) in [6.45, 7) is 9.80. The molecule has 1 aliphatic heterocycles. The van der Waals surface area contributed by atoms with Crippen molar-refractivity contribution in [2.75, 3.05) is 13.1 Å². The summed E-state index contributed by atoms with van der Waals surface area (Å²) >= 11 is 3.51. The predicted molar refractivity (Wildman–Crippen MR) is 120 cm³/mol. The number of likely N-dealkylation sites (tertiary alicyclic amines) is 1. The van der Waals surface area contributed by atoms with Crippen LogP contribution in [-0.4, -0.2) is 39.4 Å². The molecule has 1 saturated heterocycles. The number of hydrogen-bond acceptors (Lipinski definition) is 3. The van der Waals surface area contributed by atoms with Crippen molar-refractivity contribution in [2.24, 2.45) is 0 Å². The van der Waals surface area contributed by atoms with Crippen LogP contribution in [0.4, 0.5) is 0 Å². The van der Waals surface area contributed by atoms with Crippen LogP contribution in [0.25, 0.3) is 0 Å². The average molecular weight is 448 g/mol. The van der Waals surface area contributed by atoms with Gasteiger partial charge in [0.1, 0.15) is 0 Å². The van der Waals surface area contributed by atoms with E-state index >= 15 is 0 Å². The Morgan fingerprint density at radius 3 is 1.82 bits per heavy atom. The van der Waals surface area contributed by atoms with Gasteiger partial charge in [0.25, 0.3) is 0 Å². The van der Waals surface area contributed by atoms with E-state index in [2.05, 4.69) is 75.4 Å². The van der Waals surface area contributed by atoms with Crippen molar-refractivity contribution in [1.29, 1.82) is 0 Å². The normalized spacial score (nSPS) is 16.4. The van der Waals surface area contributed by atoms with Gasteiger partial charge in [0.2, 0.25) is 0 Å². The van der Waals surface area contributed by atoms with Gasteiger partial charge in [-0.15, -0.1) is 0 Å². The van der Waals surface area contributed by atoms with Crippen LogP contribution in [0.15, 0.2) is 59.1 Å². The smallest absolute Gasteiger partial charge is 0.0872 e. The molecule has 1 aliphatic rings. The lowest BCUT2D eigenvalue weighted by atomic mass is 9.89. The monoisotopic (exact) mass is 447 g/mol. The van der Waals surface area contributed by atoms with Crippen molar-refractivity contribution in [3.63, 3.8) is 0 Å². The van der Waals surface area contributed by atoms with Crippen LogP contribution in [-0.2, 0) is 6.54 Å². The minimum Gasteiger partial charge on any atom is -0.387 e. The zero-order valence-corrected chi connectivity index (χ0v) is 19.1. The molecule has 3 nitrogen and oxygen atoms in total. The lowest BCUT2D eigenvalue weighted by Crippen LogP contribution is -2.44. The molecule has 0 bridgehead atoms. The Kier molecular flexibility index (Phi) is 8.26. The minimum absolute atomic E-state index is 0.732. The van der Waals surface area contributed by atoms with Gasteiger partial charge in [-0.25, -0.2) is 0 Å². The lowest BCUT2D eigenvalue weighted by Gasteiger charge is -2.32. The molecule has 2 N–H and O–H groups in total. The maximum atomic E-state index is 9.10. The topological polar surface area (TPSA) is 43.7 Å². The third kappa shape index (κ3) is 7.32. The molecule has 2 aromatic rings. The van der Waals surface area contributed by atoms with E-state index in [4.69, 9.17) is 10.2 Å². The van der Waals surface area contributed by atoms with Crippen LogP contribution in [0.3, 0.4) is 0 Å². The van der Waals surface area contributed by atoms with Crippen LogP contribution >= 0.6 is 15.9 Å². The largest absolute Gasteiger partial charge is 0.387 e. The summed E-state index contributed by atoms with van der Waals surface area (Å²) in [6, 6.07) is 19.6. The molecule has 1 fully saturated rings. The quantitative estimate of drug-likeness (QED) is 0.662. The Bertz CT molecular complexity index is 682. The van der Waals surface area contributed by atoms with E-state index in [0.717, 1.165) is 12.5 Å². The SMILES string of the molecule is Brc1ccc(C2CCN(Cc3ccccc3)CC2)cc1.CC(C)(O)C(C)(C)O. The predicted octanol–water partition coefficient (Wildman–Crippen LogP) is 5.36. The lowest BCUT2D eigenvalue weighted by molar-refractivity contribution is -0.107. The molecule has 1 heterocycles. The fraction of sp³-hybridized carbons (Fsp3) is 0.500. The highest BCUT2D eigenvalue weighted by molar-refractivity contribution is 9.10. The molecule has 4 heteroatoms. The molecule has 154 valence electrons. The van der Waals surface area contributed by atoms with Crippen molar-refractivity contribution < 1.29 is 10.2 Å². The van der Waals surface area contributed by atoms with E-state index in [1.165, 1.54) is 41.5 Å². The molecule has 3 rings (SSSR count). The van der Waals surface area contributed by atoms with E-state index in [9.17, 15) is 0 Å². The Labute approximate surface area is 178 Å². The number of halogens is 1. The van der Waals surface area contributed by atoms with Gasteiger partial charge < -0.3 is 10.2 Å². The van der Waals surface area contributed by atoms with Gasteiger partial charge in [0, 0.05) is 11.0 Å². The van der Waals surface area contributed by atoms with Gasteiger partial charge >= 0.3 is 0 Å². The number of aliphatic hydroxyl groups is 2. The molecule has 0 radical (unpaired) electrons. The summed E-state index contributed by atoms with van der Waals surface area (Å²) in [4.78, 5) is 2.57. The zero-order chi connectivity index (χ0) is 20.8. The molecular weight excluding hydrogens is 414 g/mol. The summed E-state index contributed by atoms with van der Waals surface area (Å²) in [6.07, 6.45) is 2.54. The zero-order valence-electron chi connectivity index (χ0n) is 17.5. The number of benzene rings is 2. The second-order valence-electron chi connectivity index (χ2n) is 8.71. The molecule has 0 aromatic heterocycles. The van der Waals surface area contributed by atoms with Gasteiger partial charge in [-0.2, -0.15) is 0 Å². The molecule has 0 atom stereocenters.